The van der Waals surface area contributed by atoms with Gasteiger partial charge in [0.15, 0.2) is 6.54 Å². The van der Waals surface area contributed by atoms with Crippen LogP contribution in [0.25, 0.3) is 6.08 Å². The van der Waals surface area contributed by atoms with Crippen LogP contribution >= 0.6 is 0 Å². The summed E-state index contributed by atoms with van der Waals surface area (Å²) < 4.78 is 0. The minimum absolute atomic E-state index is 0.121. The van der Waals surface area contributed by atoms with E-state index in [0.717, 1.165) is 38.4 Å². The van der Waals surface area contributed by atoms with Crippen molar-refractivity contribution in [1.29, 1.82) is 0 Å². The summed E-state index contributed by atoms with van der Waals surface area (Å²) in [6.45, 7) is 10.3. The molecule has 0 atom stereocenters. The van der Waals surface area contributed by atoms with Gasteiger partial charge in [0, 0.05) is 5.69 Å². The first-order valence-electron chi connectivity index (χ1n) is 10.4. The number of carbonyl (C=O) groups is 1. The number of amides is 1. The SMILES string of the molecule is CC(C)c1ccccc1NC(=O)C[NH+]1CC[NH+](C/C=C/c2ccccc2)CC1. The number of nitrogens with one attached hydrogen (secondary N) is 3. The molecule has 1 saturated heterocycles. The third kappa shape index (κ3) is 6.04. The van der Waals surface area contributed by atoms with Crippen LogP contribution in [0.1, 0.15) is 30.9 Å². The first kappa shape index (κ1) is 20.3. The third-order valence-electron chi connectivity index (χ3n) is 5.45. The molecule has 1 aliphatic heterocycles. The second-order valence-corrected chi connectivity index (χ2v) is 7.98. The van der Waals surface area contributed by atoms with Gasteiger partial charge in [-0.3, -0.25) is 4.79 Å². The number of piperazine rings is 1. The van der Waals surface area contributed by atoms with Gasteiger partial charge in [-0.1, -0.05) is 68.5 Å². The van der Waals surface area contributed by atoms with E-state index < -0.39 is 0 Å². The Kier molecular flexibility index (Phi) is 7.40. The van der Waals surface area contributed by atoms with Crippen molar-refractivity contribution in [2.45, 2.75) is 19.8 Å². The molecule has 1 fully saturated rings. The lowest BCUT2D eigenvalue weighted by atomic mass is 10.0. The molecule has 2 aromatic rings. The molecule has 0 bridgehead atoms. The van der Waals surface area contributed by atoms with Gasteiger partial charge >= 0.3 is 0 Å². The molecule has 1 aliphatic rings. The van der Waals surface area contributed by atoms with Gasteiger partial charge in [0.1, 0.15) is 26.2 Å². The molecule has 4 nitrogen and oxygen atoms in total. The predicted octanol–water partition coefficient (Wildman–Crippen LogP) is 1.25. The molecule has 1 heterocycles. The molecule has 1 amide bonds. The molecule has 2 aromatic carbocycles. The number of carbonyl (C=O) groups excluding carboxylic acids is 1. The summed E-state index contributed by atoms with van der Waals surface area (Å²) in [5.41, 5.74) is 3.41. The fourth-order valence-corrected chi connectivity index (χ4v) is 3.80. The summed E-state index contributed by atoms with van der Waals surface area (Å²) in [6, 6.07) is 18.6. The molecule has 0 aliphatic carbocycles. The number of para-hydroxylation sites is 1. The highest BCUT2D eigenvalue weighted by molar-refractivity contribution is 5.92. The number of anilines is 1. The van der Waals surface area contributed by atoms with E-state index in [0.29, 0.717) is 12.5 Å². The Hall–Kier alpha value is -2.43. The van der Waals surface area contributed by atoms with Gasteiger partial charge in [0.05, 0.1) is 6.54 Å². The second kappa shape index (κ2) is 10.2. The van der Waals surface area contributed by atoms with Crippen LogP contribution in [0.15, 0.2) is 60.7 Å². The number of hydrogen-bond acceptors (Lipinski definition) is 1. The predicted molar refractivity (Wildman–Crippen MR) is 116 cm³/mol. The Bertz CT molecular complexity index is 777. The molecule has 0 unspecified atom stereocenters. The van der Waals surface area contributed by atoms with Crippen molar-refractivity contribution in [2.24, 2.45) is 0 Å². The lowest BCUT2D eigenvalue weighted by Gasteiger charge is -2.28. The van der Waals surface area contributed by atoms with Crippen molar-refractivity contribution in [3.05, 3.63) is 71.8 Å². The molecular weight excluding hydrogens is 346 g/mol. The van der Waals surface area contributed by atoms with E-state index >= 15 is 0 Å². The van der Waals surface area contributed by atoms with Gasteiger partial charge in [-0.05, 0) is 29.2 Å². The highest BCUT2D eigenvalue weighted by Gasteiger charge is 2.24. The van der Waals surface area contributed by atoms with Crippen molar-refractivity contribution < 1.29 is 14.6 Å². The topological polar surface area (TPSA) is 38.0 Å². The summed E-state index contributed by atoms with van der Waals surface area (Å²) in [4.78, 5) is 15.5. The van der Waals surface area contributed by atoms with E-state index in [-0.39, 0.29) is 5.91 Å². The monoisotopic (exact) mass is 379 g/mol. The van der Waals surface area contributed by atoms with Crippen molar-refractivity contribution >= 4 is 17.7 Å². The van der Waals surface area contributed by atoms with Gasteiger partial charge in [-0.25, -0.2) is 0 Å². The second-order valence-electron chi connectivity index (χ2n) is 7.98. The van der Waals surface area contributed by atoms with Gasteiger partial charge in [-0.2, -0.15) is 0 Å². The first-order chi connectivity index (χ1) is 13.6. The zero-order valence-corrected chi connectivity index (χ0v) is 17.1. The summed E-state index contributed by atoms with van der Waals surface area (Å²) >= 11 is 0. The van der Waals surface area contributed by atoms with Gasteiger partial charge in [0.2, 0.25) is 0 Å². The summed E-state index contributed by atoms with van der Waals surface area (Å²) in [5, 5.41) is 3.13. The standard InChI is InChI=1S/C24H31N3O/c1-20(2)22-12-6-7-13-23(22)25-24(28)19-27-17-15-26(16-18-27)14-8-11-21-9-4-3-5-10-21/h3-13,20H,14-19H2,1-2H3,(H,25,28)/p+2/b11-8+. The number of benzene rings is 2. The van der Waals surface area contributed by atoms with Crippen LogP contribution in [0.2, 0.25) is 0 Å². The summed E-state index contributed by atoms with van der Waals surface area (Å²) in [5.74, 6) is 0.524. The van der Waals surface area contributed by atoms with E-state index in [4.69, 9.17) is 0 Å². The normalized spacial score (nSPS) is 19.8. The Balaban J connectivity index is 1.42. The Morgan fingerprint density at radius 3 is 2.32 bits per heavy atom. The van der Waals surface area contributed by atoms with Crippen molar-refractivity contribution in [1.82, 2.24) is 0 Å². The van der Waals surface area contributed by atoms with Crippen LogP contribution in [0, 0.1) is 0 Å². The van der Waals surface area contributed by atoms with E-state index in [1.807, 2.05) is 24.3 Å². The van der Waals surface area contributed by atoms with Gasteiger partial charge < -0.3 is 15.1 Å². The molecule has 0 aromatic heterocycles. The average Bonchev–Trinajstić information content (AvgIpc) is 2.70. The Morgan fingerprint density at radius 2 is 1.61 bits per heavy atom. The van der Waals surface area contributed by atoms with E-state index in [1.165, 1.54) is 16.0 Å². The quantitative estimate of drug-likeness (QED) is 0.666. The van der Waals surface area contributed by atoms with Crippen molar-refractivity contribution in [3.63, 3.8) is 0 Å². The fraction of sp³-hybridized carbons (Fsp3) is 0.375. The van der Waals surface area contributed by atoms with Gasteiger partial charge in [-0.15, -0.1) is 0 Å². The Morgan fingerprint density at radius 1 is 0.964 bits per heavy atom. The van der Waals surface area contributed by atoms with Gasteiger partial charge in [0.25, 0.3) is 5.91 Å². The average molecular weight is 380 g/mol. The van der Waals surface area contributed by atoms with Crippen LogP contribution in [-0.4, -0.2) is 45.2 Å². The van der Waals surface area contributed by atoms with Crippen LogP contribution < -0.4 is 15.1 Å². The van der Waals surface area contributed by atoms with Crippen LogP contribution in [0.4, 0.5) is 5.69 Å². The van der Waals surface area contributed by atoms with Crippen LogP contribution in [0.3, 0.4) is 0 Å². The van der Waals surface area contributed by atoms with Crippen molar-refractivity contribution in [2.75, 3.05) is 44.6 Å². The molecule has 0 saturated carbocycles. The molecule has 0 spiro atoms. The third-order valence-corrected chi connectivity index (χ3v) is 5.45. The van der Waals surface area contributed by atoms with E-state index in [9.17, 15) is 4.79 Å². The highest BCUT2D eigenvalue weighted by Crippen LogP contribution is 2.23. The van der Waals surface area contributed by atoms with Crippen molar-refractivity contribution in [3.8, 4) is 0 Å². The minimum atomic E-state index is 0.121. The maximum atomic E-state index is 12.5. The molecule has 28 heavy (non-hydrogen) atoms. The molecule has 148 valence electrons. The van der Waals surface area contributed by atoms with Crippen LogP contribution in [-0.2, 0) is 4.79 Å². The summed E-state index contributed by atoms with van der Waals surface area (Å²) in [6.07, 6.45) is 4.47. The molecule has 3 N–H and O–H groups in total. The maximum absolute atomic E-state index is 12.5. The first-order valence-corrected chi connectivity index (χ1v) is 10.4. The highest BCUT2D eigenvalue weighted by atomic mass is 16.2. The number of rotatable bonds is 7. The fourth-order valence-electron chi connectivity index (χ4n) is 3.80. The molecule has 4 heteroatoms. The maximum Gasteiger partial charge on any atom is 0.279 e. The minimum Gasteiger partial charge on any atom is -0.322 e. The molecule has 3 rings (SSSR count). The zero-order valence-electron chi connectivity index (χ0n) is 17.1. The van der Waals surface area contributed by atoms with E-state index in [1.54, 1.807) is 4.90 Å². The smallest absolute Gasteiger partial charge is 0.279 e. The number of quaternary nitrogens is 2. The summed E-state index contributed by atoms with van der Waals surface area (Å²) in [7, 11) is 0. The molecule has 0 radical (unpaired) electrons. The Labute approximate surface area is 168 Å². The largest absolute Gasteiger partial charge is 0.322 e. The van der Waals surface area contributed by atoms with E-state index in [2.05, 4.69) is 61.6 Å². The lowest BCUT2D eigenvalue weighted by Crippen LogP contribution is -3.28. The number of hydrogen-bond donors (Lipinski definition) is 3. The van der Waals surface area contributed by atoms with Crippen LogP contribution in [0.5, 0.6) is 0 Å². The molecular formula is C24H33N3O+2. The lowest BCUT2D eigenvalue weighted by molar-refractivity contribution is -1.01. The zero-order chi connectivity index (χ0) is 19.8.